The normalized spacial score (nSPS) is 13.0. The van der Waals surface area contributed by atoms with Crippen LogP contribution in [0, 0.1) is 5.41 Å². The third-order valence-electron chi connectivity index (χ3n) is 2.64. The first-order valence-electron chi connectivity index (χ1n) is 6.86. The average Bonchev–Trinajstić information content (AvgIpc) is 2.19. The molecule has 0 heteroatoms. The fourth-order valence-corrected chi connectivity index (χ4v) is 1.54. The summed E-state index contributed by atoms with van der Waals surface area (Å²) in [5.41, 5.74) is 0.473. The van der Waals surface area contributed by atoms with Crippen molar-refractivity contribution < 1.29 is 0 Å². The summed E-state index contributed by atoms with van der Waals surface area (Å²) < 4.78 is 0. The van der Waals surface area contributed by atoms with Crippen molar-refractivity contribution in [3.8, 4) is 0 Å². The predicted molar refractivity (Wildman–Crippen MR) is 75.7 cm³/mol. The van der Waals surface area contributed by atoms with Crippen LogP contribution in [0.3, 0.4) is 0 Å². The van der Waals surface area contributed by atoms with Gasteiger partial charge in [-0.2, -0.15) is 0 Å². The Kier molecular flexibility index (Phi) is 9.37. The van der Waals surface area contributed by atoms with Crippen molar-refractivity contribution >= 4 is 0 Å². The van der Waals surface area contributed by atoms with E-state index in [2.05, 4.69) is 52.0 Å². The first-order valence-corrected chi connectivity index (χ1v) is 6.86. The molecule has 0 aromatic heterocycles. The highest BCUT2D eigenvalue weighted by molar-refractivity contribution is 4.93. The molecular weight excluding hydrogens is 192 g/mol. The van der Waals surface area contributed by atoms with Gasteiger partial charge in [-0.1, -0.05) is 64.8 Å². The summed E-state index contributed by atoms with van der Waals surface area (Å²) in [7, 11) is 0. The Morgan fingerprint density at radius 1 is 0.812 bits per heavy atom. The second-order valence-electron chi connectivity index (χ2n) is 5.77. The van der Waals surface area contributed by atoms with Crippen molar-refractivity contribution in [3.05, 3.63) is 24.3 Å². The van der Waals surface area contributed by atoms with Crippen molar-refractivity contribution in [1.29, 1.82) is 0 Å². The predicted octanol–water partition coefficient (Wildman–Crippen LogP) is 5.90. The zero-order valence-corrected chi connectivity index (χ0v) is 11.8. The van der Waals surface area contributed by atoms with Gasteiger partial charge in [0.15, 0.2) is 0 Å². The van der Waals surface area contributed by atoms with Crippen molar-refractivity contribution in [3.63, 3.8) is 0 Å². The zero-order valence-electron chi connectivity index (χ0n) is 11.8. The molecular formula is C16H30. The molecule has 0 amide bonds. The lowest BCUT2D eigenvalue weighted by Crippen LogP contribution is -2.02. The SMILES string of the molecule is CCCCC/C=C\C/C=C\CCC(C)(C)C. The first kappa shape index (κ1) is 15.5. The van der Waals surface area contributed by atoms with Crippen molar-refractivity contribution in [1.82, 2.24) is 0 Å². The fraction of sp³-hybridized carbons (Fsp3) is 0.750. The molecule has 0 radical (unpaired) electrons. The quantitative estimate of drug-likeness (QED) is 0.354. The molecule has 0 spiro atoms. The first-order chi connectivity index (χ1) is 7.56. The van der Waals surface area contributed by atoms with E-state index in [0.717, 1.165) is 6.42 Å². The molecule has 94 valence electrons. The summed E-state index contributed by atoms with van der Waals surface area (Å²) in [6, 6.07) is 0. The Morgan fingerprint density at radius 2 is 1.44 bits per heavy atom. The molecule has 0 aliphatic rings. The summed E-state index contributed by atoms with van der Waals surface area (Å²) in [5, 5.41) is 0. The van der Waals surface area contributed by atoms with E-state index in [0.29, 0.717) is 5.41 Å². The van der Waals surface area contributed by atoms with Crippen LogP contribution in [-0.4, -0.2) is 0 Å². The second kappa shape index (κ2) is 9.69. The summed E-state index contributed by atoms with van der Waals surface area (Å²) >= 11 is 0. The Hall–Kier alpha value is -0.520. The zero-order chi connectivity index (χ0) is 12.3. The minimum Gasteiger partial charge on any atom is -0.0882 e. The maximum atomic E-state index is 2.32. The van der Waals surface area contributed by atoms with Crippen molar-refractivity contribution in [2.75, 3.05) is 0 Å². The van der Waals surface area contributed by atoms with E-state index in [-0.39, 0.29) is 0 Å². The van der Waals surface area contributed by atoms with Gasteiger partial charge >= 0.3 is 0 Å². The van der Waals surface area contributed by atoms with E-state index in [1.807, 2.05) is 0 Å². The molecule has 0 N–H and O–H groups in total. The van der Waals surface area contributed by atoms with E-state index < -0.39 is 0 Å². The van der Waals surface area contributed by atoms with Gasteiger partial charge < -0.3 is 0 Å². The Balaban J connectivity index is 3.33. The van der Waals surface area contributed by atoms with Crippen LogP contribution in [0.4, 0.5) is 0 Å². The van der Waals surface area contributed by atoms with Crippen LogP contribution < -0.4 is 0 Å². The lowest BCUT2D eigenvalue weighted by Gasteiger charge is -2.15. The van der Waals surface area contributed by atoms with E-state index in [4.69, 9.17) is 0 Å². The number of hydrogen-bond donors (Lipinski definition) is 0. The topological polar surface area (TPSA) is 0 Å². The molecule has 0 atom stereocenters. The van der Waals surface area contributed by atoms with Crippen LogP contribution in [0.25, 0.3) is 0 Å². The van der Waals surface area contributed by atoms with Gasteiger partial charge in [0.2, 0.25) is 0 Å². The highest BCUT2D eigenvalue weighted by Gasteiger charge is 2.07. The smallest absolute Gasteiger partial charge is 0.0169 e. The Bertz CT molecular complexity index is 191. The highest BCUT2D eigenvalue weighted by Crippen LogP contribution is 2.20. The largest absolute Gasteiger partial charge is 0.0882 e. The number of hydrogen-bond acceptors (Lipinski definition) is 0. The molecule has 0 rings (SSSR count). The van der Waals surface area contributed by atoms with Gasteiger partial charge in [-0.05, 0) is 37.5 Å². The molecule has 0 aromatic rings. The van der Waals surface area contributed by atoms with Crippen LogP contribution in [0.5, 0.6) is 0 Å². The van der Waals surface area contributed by atoms with Crippen LogP contribution in [0.1, 0.15) is 72.6 Å². The standard InChI is InChI=1S/C16H30/c1-5-6-7-8-9-10-11-12-13-14-15-16(2,3)4/h9-10,12-13H,5-8,11,14-15H2,1-4H3/b10-9-,13-12-. The molecule has 0 bridgehead atoms. The molecule has 0 heterocycles. The number of unbranched alkanes of at least 4 members (excludes halogenated alkanes) is 3. The highest BCUT2D eigenvalue weighted by atomic mass is 14.1. The van der Waals surface area contributed by atoms with E-state index in [9.17, 15) is 0 Å². The average molecular weight is 222 g/mol. The molecule has 16 heavy (non-hydrogen) atoms. The van der Waals surface area contributed by atoms with Gasteiger partial charge in [-0.3, -0.25) is 0 Å². The summed E-state index contributed by atoms with van der Waals surface area (Å²) in [4.78, 5) is 0. The molecule has 0 aliphatic carbocycles. The van der Waals surface area contributed by atoms with E-state index >= 15 is 0 Å². The molecule has 0 unspecified atom stereocenters. The monoisotopic (exact) mass is 222 g/mol. The van der Waals surface area contributed by atoms with Crippen LogP contribution in [0.15, 0.2) is 24.3 Å². The van der Waals surface area contributed by atoms with Gasteiger partial charge in [0.25, 0.3) is 0 Å². The van der Waals surface area contributed by atoms with Gasteiger partial charge in [-0.15, -0.1) is 0 Å². The van der Waals surface area contributed by atoms with Crippen molar-refractivity contribution in [2.45, 2.75) is 72.6 Å². The Labute approximate surface area is 103 Å². The summed E-state index contributed by atoms with van der Waals surface area (Å²) in [5.74, 6) is 0. The molecule has 0 saturated heterocycles. The number of allylic oxidation sites excluding steroid dienone is 4. The fourth-order valence-electron chi connectivity index (χ4n) is 1.54. The van der Waals surface area contributed by atoms with Gasteiger partial charge in [0, 0.05) is 0 Å². The minimum atomic E-state index is 0.473. The maximum Gasteiger partial charge on any atom is -0.0169 e. The van der Waals surface area contributed by atoms with Crippen LogP contribution in [0.2, 0.25) is 0 Å². The van der Waals surface area contributed by atoms with Gasteiger partial charge in [0.05, 0.1) is 0 Å². The van der Waals surface area contributed by atoms with Gasteiger partial charge in [0.1, 0.15) is 0 Å². The van der Waals surface area contributed by atoms with Crippen LogP contribution in [-0.2, 0) is 0 Å². The van der Waals surface area contributed by atoms with Gasteiger partial charge in [-0.25, -0.2) is 0 Å². The molecule has 0 saturated carbocycles. The van der Waals surface area contributed by atoms with Crippen molar-refractivity contribution in [2.24, 2.45) is 5.41 Å². The van der Waals surface area contributed by atoms with Crippen LogP contribution >= 0.6 is 0 Å². The lowest BCUT2D eigenvalue weighted by molar-refractivity contribution is 0.381. The third-order valence-corrected chi connectivity index (χ3v) is 2.64. The second-order valence-corrected chi connectivity index (χ2v) is 5.77. The molecule has 0 nitrogen and oxygen atoms in total. The summed E-state index contributed by atoms with van der Waals surface area (Å²) in [6.45, 7) is 9.15. The maximum absolute atomic E-state index is 2.32. The Morgan fingerprint density at radius 3 is 2.00 bits per heavy atom. The molecule has 0 aliphatic heterocycles. The lowest BCUT2D eigenvalue weighted by atomic mass is 9.90. The summed E-state index contributed by atoms with van der Waals surface area (Å²) in [6.07, 6.45) is 18.1. The minimum absolute atomic E-state index is 0.473. The number of rotatable bonds is 8. The molecule has 0 fully saturated rings. The third kappa shape index (κ3) is 13.5. The van der Waals surface area contributed by atoms with E-state index in [1.165, 1.54) is 38.5 Å². The molecule has 0 aromatic carbocycles. The van der Waals surface area contributed by atoms with E-state index in [1.54, 1.807) is 0 Å².